The molecule has 1 fully saturated rings. The van der Waals surface area contributed by atoms with Crippen molar-refractivity contribution in [3.8, 4) is 0 Å². The van der Waals surface area contributed by atoms with E-state index in [-0.39, 0.29) is 22.4 Å². The Balaban J connectivity index is 1.79. The summed E-state index contributed by atoms with van der Waals surface area (Å²) in [6, 6.07) is 4.50. The Morgan fingerprint density at radius 3 is 2.81 bits per heavy atom. The van der Waals surface area contributed by atoms with Gasteiger partial charge in [0.1, 0.15) is 5.58 Å². The topological polar surface area (TPSA) is 94.2 Å². The largest absolute Gasteiger partial charge is 0.421 e. The zero-order chi connectivity index (χ0) is 19.3. The molecule has 27 heavy (non-hydrogen) atoms. The normalized spacial score (nSPS) is 23.9. The molecule has 3 aromatic rings. The summed E-state index contributed by atoms with van der Waals surface area (Å²) in [5.41, 5.74) is 0.576. The van der Waals surface area contributed by atoms with Gasteiger partial charge >= 0.3 is 5.63 Å². The second-order valence-corrected chi connectivity index (χ2v) is 9.31. The highest BCUT2D eigenvalue weighted by molar-refractivity contribution is 7.89. The monoisotopic (exact) mass is 389 g/mol. The number of fused-ring (bicyclic) bond motifs is 3. The van der Waals surface area contributed by atoms with Crippen LogP contribution in [0.1, 0.15) is 33.1 Å². The van der Waals surface area contributed by atoms with E-state index >= 15 is 0 Å². The van der Waals surface area contributed by atoms with Gasteiger partial charge in [0.05, 0.1) is 16.7 Å². The van der Waals surface area contributed by atoms with E-state index in [9.17, 15) is 13.2 Å². The summed E-state index contributed by atoms with van der Waals surface area (Å²) in [4.78, 5) is 16.3. The number of sulfonamides is 1. The van der Waals surface area contributed by atoms with Crippen molar-refractivity contribution in [2.75, 3.05) is 0 Å². The molecule has 3 atom stereocenters. The Morgan fingerprint density at radius 1 is 1.26 bits per heavy atom. The Hall–Kier alpha value is -2.19. The molecule has 2 aromatic heterocycles. The quantitative estimate of drug-likeness (QED) is 0.695. The summed E-state index contributed by atoms with van der Waals surface area (Å²) in [5, 5.41) is 0.553. The smallest absolute Gasteiger partial charge is 0.364 e. The molecule has 144 valence electrons. The SMILES string of the molecule is C[C@@H]1[C@H](C)CCC[C@@H]1NS(=O)(=O)c1ccc2oc(=O)c3ncn(C)c3c2c1. The first-order valence-electron chi connectivity index (χ1n) is 9.18. The maximum atomic E-state index is 13.0. The summed E-state index contributed by atoms with van der Waals surface area (Å²) < 4.78 is 35.9. The van der Waals surface area contributed by atoms with Crippen LogP contribution in [-0.4, -0.2) is 24.0 Å². The molecule has 8 heteroatoms. The summed E-state index contributed by atoms with van der Waals surface area (Å²) >= 11 is 0. The number of nitrogens with zero attached hydrogens (tertiary/aromatic N) is 2. The van der Waals surface area contributed by atoms with Crippen molar-refractivity contribution in [2.45, 2.75) is 44.0 Å². The van der Waals surface area contributed by atoms with Crippen LogP contribution in [0, 0.1) is 11.8 Å². The van der Waals surface area contributed by atoms with E-state index in [4.69, 9.17) is 4.42 Å². The minimum absolute atomic E-state index is 0.0696. The van der Waals surface area contributed by atoms with E-state index < -0.39 is 15.6 Å². The standard InChI is InChI=1S/C19H23N3O4S/c1-11-5-4-6-15(12(11)2)21-27(24,25)13-7-8-16-14(9-13)18-17(19(23)26-16)20-10-22(18)3/h7-12,15,21H,4-6H2,1-3H3/t11-,12-,15+/m1/s1. The van der Waals surface area contributed by atoms with Gasteiger partial charge in [-0.25, -0.2) is 22.9 Å². The molecule has 4 rings (SSSR count). The molecule has 1 saturated carbocycles. The summed E-state index contributed by atoms with van der Waals surface area (Å²) in [6.45, 7) is 4.27. The maximum Gasteiger partial charge on any atom is 0.364 e. The lowest BCUT2D eigenvalue weighted by atomic mass is 9.78. The van der Waals surface area contributed by atoms with E-state index in [1.807, 2.05) is 0 Å². The van der Waals surface area contributed by atoms with E-state index in [1.165, 1.54) is 18.5 Å². The van der Waals surface area contributed by atoms with Crippen molar-refractivity contribution in [1.82, 2.24) is 14.3 Å². The van der Waals surface area contributed by atoms with E-state index in [0.717, 1.165) is 19.3 Å². The van der Waals surface area contributed by atoms with Gasteiger partial charge in [-0.1, -0.05) is 26.7 Å². The molecule has 7 nitrogen and oxygen atoms in total. The van der Waals surface area contributed by atoms with Crippen LogP contribution in [0.25, 0.3) is 22.0 Å². The highest BCUT2D eigenvalue weighted by Gasteiger charge is 2.31. The van der Waals surface area contributed by atoms with Crippen molar-refractivity contribution in [2.24, 2.45) is 18.9 Å². The molecule has 0 bridgehead atoms. The number of nitrogens with one attached hydrogen (secondary N) is 1. The van der Waals surface area contributed by atoms with Gasteiger partial charge in [-0.05, 0) is 36.5 Å². The van der Waals surface area contributed by atoms with Gasteiger partial charge in [0, 0.05) is 18.5 Å². The molecule has 1 N–H and O–H groups in total. The number of aromatic nitrogens is 2. The Bertz CT molecular complexity index is 1180. The van der Waals surface area contributed by atoms with Crippen LogP contribution in [0.2, 0.25) is 0 Å². The van der Waals surface area contributed by atoms with Gasteiger partial charge in [-0.15, -0.1) is 0 Å². The molecule has 0 spiro atoms. The van der Waals surface area contributed by atoms with Crippen molar-refractivity contribution >= 4 is 32.0 Å². The molecular weight excluding hydrogens is 366 g/mol. The number of rotatable bonds is 3. The lowest BCUT2D eigenvalue weighted by Crippen LogP contribution is -2.43. The van der Waals surface area contributed by atoms with Gasteiger partial charge in [0.15, 0.2) is 5.52 Å². The fourth-order valence-electron chi connectivity index (χ4n) is 4.01. The average molecular weight is 389 g/mol. The number of hydrogen-bond acceptors (Lipinski definition) is 5. The first kappa shape index (κ1) is 18.2. The Morgan fingerprint density at radius 2 is 2.04 bits per heavy atom. The number of aryl methyl sites for hydroxylation is 1. The van der Waals surface area contributed by atoms with Crippen LogP contribution >= 0.6 is 0 Å². The lowest BCUT2D eigenvalue weighted by Gasteiger charge is -2.34. The van der Waals surface area contributed by atoms with Gasteiger partial charge in [-0.3, -0.25) is 0 Å². The fourth-order valence-corrected chi connectivity index (χ4v) is 5.40. The number of hydrogen-bond donors (Lipinski definition) is 1. The van der Waals surface area contributed by atoms with Crippen molar-refractivity contribution in [3.63, 3.8) is 0 Å². The van der Waals surface area contributed by atoms with Crippen LogP contribution < -0.4 is 10.3 Å². The maximum absolute atomic E-state index is 13.0. The summed E-state index contributed by atoms with van der Waals surface area (Å²) in [5.74, 6) is 0.780. The Kier molecular flexibility index (Phi) is 4.35. The van der Waals surface area contributed by atoms with Crippen molar-refractivity contribution < 1.29 is 12.8 Å². The van der Waals surface area contributed by atoms with E-state index in [2.05, 4.69) is 23.6 Å². The lowest BCUT2D eigenvalue weighted by molar-refractivity contribution is 0.227. The van der Waals surface area contributed by atoms with Gasteiger partial charge in [-0.2, -0.15) is 0 Å². The molecule has 0 radical (unpaired) electrons. The van der Waals surface area contributed by atoms with Crippen LogP contribution in [0.5, 0.6) is 0 Å². The fraction of sp³-hybridized carbons (Fsp3) is 0.474. The molecule has 0 saturated heterocycles. The molecule has 0 amide bonds. The first-order valence-corrected chi connectivity index (χ1v) is 10.7. The predicted octanol–water partition coefficient (Wildman–Crippen LogP) is 2.78. The third-order valence-corrected chi connectivity index (χ3v) is 7.35. The molecule has 1 aliphatic rings. The minimum atomic E-state index is -3.68. The van der Waals surface area contributed by atoms with E-state index in [1.54, 1.807) is 17.7 Å². The average Bonchev–Trinajstić information content (AvgIpc) is 3.01. The third-order valence-electron chi connectivity index (χ3n) is 5.86. The van der Waals surface area contributed by atoms with Crippen LogP contribution in [0.3, 0.4) is 0 Å². The van der Waals surface area contributed by atoms with Crippen molar-refractivity contribution in [3.05, 3.63) is 34.9 Å². The molecule has 0 unspecified atom stereocenters. The van der Waals surface area contributed by atoms with Crippen molar-refractivity contribution in [1.29, 1.82) is 0 Å². The van der Waals surface area contributed by atoms with Gasteiger partial charge in [0.25, 0.3) is 0 Å². The number of imidazole rings is 1. The predicted molar refractivity (Wildman–Crippen MR) is 103 cm³/mol. The number of benzene rings is 1. The highest BCUT2D eigenvalue weighted by Crippen LogP contribution is 2.31. The summed E-state index contributed by atoms with van der Waals surface area (Å²) in [7, 11) is -1.92. The van der Waals surface area contributed by atoms with Gasteiger partial charge < -0.3 is 8.98 Å². The summed E-state index contributed by atoms with van der Waals surface area (Å²) in [6.07, 6.45) is 4.52. The second-order valence-electron chi connectivity index (χ2n) is 7.60. The van der Waals surface area contributed by atoms with Crippen LogP contribution in [0.15, 0.2) is 38.6 Å². The minimum Gasteiger partial charge on any atom is -0.421 e. The zero-order valence-electron chi connectivity index (χ0n) is 15.6. The second kappa shape index (κ2) is 6.45. The first-order chi connectivity index (χ1) is 12.8. The molecule has 1 aromatic carbocycles. The Labute approximate surface area is 157 Å². The van der Waals surface area contributed by atoms with Gasteiger partial charge in [0.2, 0.25) is 10.0 Å². The molecule has 2 heterocycles. The highest BCUT2D eigenvalue weighted by atomic mass is 32.2. The zero-order valence-corrected chi connectivity index (χ0v) is 16.4. The molecular formula is C19H23N3O4S. The third kappa shape index (κ3) is 3.06. The van der Waals surface area contributed by atoms with Crippen LogP contribution in [0.4, 0.5) is 0 Å². The van der Waals surface area contributed by atoms with E-state index in [0.29, 0.717) is 22.4 Å². The molecule has 1 aliphatic carbocycles. The van der Waals surface area contributed by atoms with Crippen LogP contribution in [-0.2, 0) is 17.1 Å². The molecule has 0 aliphatic heterocycles.